The first kappa shape index (κ1) is 18.4. The lowest BCUT2D eigenvalue weighted by Crippen LogP contribution is -2.22. The first-order chi connectivity index (χ1) is 13.8. The molecule has 28 heavy (non-hydrogen) atoms. The second-order valence-corrected chi connectivity index (χ2v) is 7.84. The van der Waals surface area contributed by atoms with Crippen molar-refractivity contribution in [1.82, 2.24) is 20.5 Å². The van der Waals surface area contributed by atoms with Crippen LogP contribution < -0.4 is 5.32 Å². The van der Waals surface area contributed by atoms with E-state index in [-0.39, 0.29) is 5.91 Å². The molecule has 2 N–H and O–H groups in total. The summed E-state index contributed by atoms with van der Waals surface area (Å²) in [5, 5.41) is 11.1. The molecule has 0 aliphatic carbocycles. The van der Waals surface area contributed by atoms with E-state index in [2.05, 4.69) is 26.6 Å². The first-order valence-corrected chi connectivity index (χ1v) is 10.3. The molecular weight excluding hydrogens is 368 g/mol. The highest BCUT2D eigenvalue weighted by atomic mass is 32.1. The number of thiazole rings is 1. The van der Waals surface area contributed by atoms with E-state index in [4.69, 9.17) is 0 Å². The molecule has 0 aliphatic rings. The Morgan fingerprint density at radius 2 is 1.89 bits per heavy atom. The summed E-state index contributed by atoms with van der Waals surface area (Å²) < 4.78 is 1.23. The number of carbonyl (C=O) groups excluding carboxylic acids is 1. The fourth-order valence-electron chi connectivity index (χ4n) is 3.10. The predicted molar refractivity (Wildman–Crippen MR) is 113 cm³/mol. The Kier molecular flexibility index (Phi) is 5.77. The third kappa shape index (κ3) is 4.64. The molecule has 0 unspecified atom stereocenters. The van der Waals surface area contributed by atoms with Gasteiger partial charge in [0.25, 0.3) is 0 Å². The number of fused-ring (bicyclic) bond motifs is 1. The van der Waals surface area contributed by atoms with Crippen LogP contribution in [0.1, 0.15) is 29.8 Å². The van der Waals surface area contributed by atoms with Gasteiger partial charge in [0.05, 0.1) is 20.9 Å². The zero-order chi connectivity index (χ0) is 19.2. The Balaban J connectivity index is 1.17. The van der Waals surface area contributed by atoms with Gasteiger partial charge in [-0.15, -0.1) is 11.3 Å². The van der Waals surface area contributed by atoms with Gasteiger partial charge in [0.15, 0.2) is 0 Å². The molecule has 0 atom stereocenters. The van der Waals surface area contributed by atoms with Crippen LogP contribution in [0.4, 0.5) is 0 Å². The molecule has 0 radical (unpaired) electrons. The summed E-state index contributed by atoms with van der Waals surface area (Å²) in [4.78, 5) is 16.7. The largest absolute Gasteiger partial charge is 0.352 e. The maximum Gasteiger partial charge on any atom is 0.220 e. The van der Waals surface area contributed by atoms with Crippen LogP contribution in [0.2, 0.25) is 0 Å². The van der Waals surface area contributed by atoms with Crippen molar-refractivity contribution in [2.45, 2.75) is 32.2 Å². The topological polar surface area (TPSA) is 70.7 Å². The van der Waals surface area contributed by atoms with Crippen LogP contribution in [0.15, 0.2) is 60.8 Å². The smallest absolute Gasteiger partial charge is 0.220 e. The van der Waals surface area contributed by atoms with E-state index in [1.54, 1.807) is 17.5 Å². The van der Waals surface area contributed by atoms with Crippen LogP contribution in [0, 0.1) is 0 Å². The summed E-state index contributed by atoms with van der Waals surface area (Å²) in [5.74, 6) is 0.0990. The number of nitrogens with zero attached hydrogens (tertiary/aromatic N) is 2. The summed E-state index contributed by atoms with van der Waals surface area (Å²) in [6.07, 6.45) is 5.08. The number of aromatic amines is 1. The van der Waals surface area contributed by atoms with Gasteiger partial charge in [-0.1, -0.05) is 36.4 Å². The SMILES string of the molecule is O=C(CCCCc1nc2ccccc2s1)NCc1ccc(-c2ccn[nH]2)cc1. The Morgan fingerprint density at radius 1 is 1.04 bits per heavy atom. The van der Waals surface area contributed by atoms with Crippen molar-refractivity contribution in [3.8, 4) is 11.3 Å². The molecule has 2 heterocycles. The third-order valence-electron chi connectivity index (χ3n) is 4.64. The summed E-state index contributed by atoms with van der Waals surface area (Å²) in [7, 11) is 0. The van der Waals surface area contributed by atoms with E-state index in [1.165, 1.54) is 4.70 Å². The third-order valence-corrected chi connectivity index (χ3v) is 5.73. The number of benzene rings is 2. The number of carbonyl (C=O) groups is 1. The molecular formula is C22H22N4OS. The minimum absolute atomic E-state index is 0.0990. The lowest BCUT2D eigenvalue weighted by Gasteiger charge is -2.06. The molecule has 2 aromatic carbocycles. The molecule has 4 rings (SSSR count). The molecule has 0 fully saturated rings. The lowest BCUT2D eigenvalue weighted by molar-refractivity contribution is -0.121. The molecule has 5 nitrogen and oxygen atoms in total. The molecule has 0 saturated carbocycles. The van der Waals surface area contributed by atoms with Crippen molar-refractivity contribution in [3.05, 3.63) is 71.4 Å². The summed E-state index contributed by atoms with van der Waals surface area (Å²) >= 11 is 1.75. The fraction of sp³-hybridized carbons (Fsp3) is 0.227. The van der Waals surface area contributed by atoms with Gasteiger partial charge in [0.2, 0.25) is 5.91 Å². The number of aryl methyl sites for hydroxylation is 1. The van der Waals surface area contributed by atoms with Gasteiger partial charge in [0, 0.05) is 19.2 Å². The molecule has 0 bridgehead atoms. The number of amides is 1. The van der Waals surface area contributed by atoms with E-state index in [9.17, 15) is 4.79 Å². The van der Waals surface area contributed by atoms with E-state index in [1.807, 2.05) is 48.5 Å². The zero-order valence-corrected chi connectivity index (χ0v) is 16.3. The highest BCUT2D eigenvalue weighted by molar-refractivity contribution is 7.18. The monoisotopic (exact) mass is 390 g/mol. The Hall–Kier alpha value is -2.99. The Morgan fingerprint density at radius 3 is 2.68 bits per heavy atom. The summed E-state index contributed by atoms with van der Waals surface area (Å²) in [5.41, 5.74) is 4.23. The van der Waals surface area contributed by atoms with Crippen molar-refractivity contribution in [1.29, 1.82) is 0 Å². The van der Waals surface area contributed by atoms with E-state index < -0.39 is 0 Å². The number of hydrogen-bond donors (Lipinski definition) is 2. The molecule has 2 aromatic heterocycles. The summed E-state index contributed by atoms with van der Waals surface area (Å²) in [6.45, 7) is 0.556. The lowest BCUT2D eigenvalue weighted by atomic mass is 10.1. The predicted octanol–water partition coefficient (Wildman–Crippen LogP) is 4.72. The van der Waals surface area contributed by atoms with Crippen molar-refractivity contribution in [2.75, 3.05) is 0 Å². The molecule has 142 valence electrons. The number of aromatic nitrogens is 3. The van der Waals surface area contributed by atoms with Crippen molar-refractivity contribution < 1.29 is 4.79 Å². The van der Waals surface area contributed by atoms with Crippen LogP contribution in [0.5, 0.6) is 0 Å². The van der Waals surface area contributed by atoms with Crippen LogP contribution >= 0.6 is 11.3 Å². The van der Waals surface area contributed by atoms with Gasteiger partial charge in [-0.05, 0) is 48.6 Å². The second kappa shape index (κ2) is 8.80. The zero-order valence-electron chi connectivity index (χ0n) is 15.5. The molecule has 0 aliphatic heterocycles. The molecule has 4 aromatic rings. The van der Waals surface area contributed by atoms with Crippen molar-refractivity contribution in [3.63, 3.8) is 0 Å². The van der Waals surface area contributed by atoms with Crippen molar-refractivity contribution >= 4 is 27.5 Å². The van der Waals surface area contributed by atoms with Crippen LogP contribution in [-0.2, 0) is 17.8 Å². The van der Waals surface area contributed by atoms with Gasteiger partial charge < -0.3 is 5.32 Å². The van der Waals surface area contributed by atoms with Crippen LogP contribution in [0.3, 0.4) is 0 Å². The number of nitrogens with one attached hydrogen (secondary N) is 2. The van der Waals surface area contributed by atoms with Crippen LogP contribution in [0.25, 0.3) is 21.5 Å². The first-order valence-electron chi connectivity index (χ1n) is 9.48. The molecule has 1 amide bonds. The highest BCUT2D eigenvalue weighted by Crippen LogP contribution is 2.23. The van der Waals surface area contributed by atoms with Gasteiger partial charge in [-0.2, -0.15) is 5.10 Å². The minimum Gasteiger partial charge on any atom is -0.352 e. The van der Waals surface area contributed by atoms with Crippen LogP contribution in [-0.4, -0.2) is 21.1 Å². The summed E-state index contributed by atoms with van der Waals surface area (Å²) in [6, 6.07) is 18.3. The maximum absolute atomic E-state index is 12.1. The Labute approximate surface area is 167 Å². The molecule has 0 spiro atoms. The average molecular weight is 391 g/mol. The van der Waals surface area contributed by atoms with E-state index in [0.717, 1.165) is 46.6 Å². The normalized spacial score (nSPS) is 11.0. The maximum atomic E-state index is 12.1. The number of hydrogen-bond acceptors (Lipinski definition) is 4. The van der Waals surface area contributed by atoms with E-state index >= 15 is 0 Å². The molecule has 0 saturated heterocycles. The van der Waals surface area contributed by atoms with Crippen molar-refractivity contribution in [2.24, 2.45) is 0 Å². The molecule has 6 heteroatoms. The number of rotatable bonds is 8. The fourth-order valence-corrected chi connectivity index (χ4v) is 4.11. The standard InChI is InChI=1S/C22H22N4OS/c27-21(7-3-4-8-22-25-19-5-1-2-6-20(19)28-22)23-15-16-9-11-17(12-10-16)18-13-14-24-26-18/h1-2,5-6,9-14H,3-4,7-8,15H2,(H,23,27)(H,24,26). The van der Waals surface area contributed by atoms with Gasteiger partial charge in [0.1, 0.15) is 0 Å². The van der Waals surface area contributed by atoms with E-state index in [0.29, 0.717) is 13.0 Å². The number of unbranched alkanes of at least 4 members (excludes halogenated alkanes) is 1. The van der Waals surface area contributed by atoms with Gasteiger partial charge in [-0.25, -0.2) is 4.98 Å². The number of H-pyrrole nitrogens is 1. The highest BCUT2D eigenvalue weighted by Gasteiger charge is 2.05. The van der Waals surface area contributed by atoms with Gasteiger partial charge in [-0.3, -0.25) is 9.89 Å². The second-order valence-electron chi connectivity index (χ2n) is 6.73. The van der Waals surface area contributed by atoms with Gasteiger partial charge >= 0.3 is 0 Å². The number of para-hydroxylation sites is 1. The quantitative estimate of drug-likeness (QED) is 0.428. The Bertz CT molecular complexity index is 1010. The minimum atomic E-state index is 0.0990. The average Bonchev–Trinajstić information content (AvgIpc) is 3.39.